The van der Waals surface area contributed by atoms with Crippen LogP contribution in [0.1, 0.15) is 38.8 Å². The first-order chi connectivity index (χ1) is 18.7. The summed E-state index contributed by atoms with van der Waals surface area (Å²) in [5, 5.41) is 12.2. The molecule has 1 unspecified atom stereocenters. The quantitative estimate of drug-likeness (QED) is 0.275. The van der Waals surface area contributed by atoms with E-state index >= 15 is 0 Å². The van der Waals surface area contributed by atoms with Gasteiger partial charge in [0.15, 0.2) is 5.78 Å². The molecule has 2 N–H and O–H groups in total. The predicted molar refractivity (Wildman–Crippen MR) is 160 cm³/mol. The molecule has 0 saturated heterocycles. The van der Waals surface area contributed by atoms with Crippen LogP contribution in [0.15, 0.2) is 108 Å². The number of ketones is 1. The van der Waals surface area contributed by atoms with Crippen LogP contribution in [0, 0.1) is 0 Å². The number of benzene rings is 4. The Bertz CT molecular complexity index is 1820. The Kier molecular flexibility index (Phi) is 4.94. The van der Waals surface area contributed by atoms with Gasteiger partial charge in [0.1, 0.15) is 5.76 Å². The van der Waals surface area contributed by atoms with Crippen molar-refractivity contribution in [3.05, 3.63) is 119 Å². The number of hydrogen-bond donors (Lipinski definition) is 2. The molecule has 1 atom stereocenters. The second-order valence-corrected chi connectivity index (χ2v) is 11.9. The van der Waals surface area contributed by atoms with E-state index < -0.39 is 0 Å². The van der Waals surface area contributed by atoms with E-state index in [9.17, 15) is 4.79 Å². The molecule has 0 radical (unpaired) electrons. The summed E-state index contributed by atoms with van der Waals surface area (Å²) in [5.41, 5.74) is 6.56. The third-order valence-electron chi connectivity index (χ3n) is 8.96. The lowest BCUT2D eigenvalue weighted by molar-refractivity contribution is -0.113. The smallest absolute Gasteiger partial charge is 0.200 e. The van der Waals surface area contributed by atoms with E-state index in [0.29, 0.717) is 16.9 Å². The Labute approximate surface area is 229 Å². The third kappa shape index (κ3) is 3.27. The molecule has 2 aliphatic heterocycles. The average molecular weight is 513 g/mol. The van der Waals surface area contributed by atoms with Crippen LogP contribution in [0.3, 0.4) is 0 Å². The molecule has 0 aromatic heterocycles. The van der Waals surface area contributed by atoms with Crippen molar-refractivity contribution in [3.8, 4) is 0 Å². The maximum absolute atomic E-state index is 13.6. The second kappa shape index (κ2) is 8.09. The molecule has 0 bridgehead atoms. The van der Waals surface area contributed by atoms with Crippen LogP contribution in [0.2, 0.25) is 0 Å². The van der Waals surface area contributed by atoms with Crippen molar-refractivity contribution in [1.82, 2.24) is 0 Å². The van der Waals surface area contributed by atoms with Crippen molar-refractivity contribution >= 4 is 38.7 Å². The number of hydrogen-bond acceptors (Lipinski definition) is 4. The van der Waals surface area contributed by atoms with Gasteiger partial charge in [0.05, 0.1) is 24.3 Å². The van der Waals surface area contributed by atoms with Crippen molar-refractivity contribution in [3.63, 3.8) is 0 Å². The summed E-state index contributed by atoms with van der Waals surface area (Å²) >= 11 is 0. The number of anilines is 2. The first kappa shape index (κ1) is 23.8. The first-order valence-corrected chi connectivity index (χ1v) is 13.6. The minimum absolute atomic E-state index is 0.0242. The molecular weight excluding hydrogens is 480 g/mol. The summed E-state index contributed by atoms with van der Waals surface area (Å²) in [6, 6.07) is 25.5. The molecule has 0 spiro atoms. The average Bonchev–Trinajstić information content (AvgIpc) is 3.35. The van der Waals surface area contributed by atoms with E-state index in [1.54, 1.807) is 7.11 Å². The standard InChI is InChI=1S/C35H32N2O2/c1-34(2)28(36-26-16-14-20-10-6-8-12-22(20)30(26)34)18-24-32(38)25(33(24)39-5)19-29-35(3,4)31-23-13-9-7-11-21(23)15-17-27(31)37-29/h6-19,28,36-37H,1-5H3. The van der Waals surface area contributed by atoms with Crippen LogP contribution in [0.4, 0.5) is 11.4 Å². The van der Waals surface area contributed by atoms with Crippen LogP contribution in [0.5, 0.6) is 0 Å². The monoisotopic (exact) mass is 512 g/mol. The van der Waals surface area contributed by atoms with Crippen molar-refractivity contribution in [2.45, 2.75) is 44.6 Å². The molecule has 194 valence electrons. The van der Waals surface area contributed by atoms with Gasteiger partial charge >= 0.3 is 0 Å². The summed E-state index contributed by atoms with van der Waals surface area (Å²) in [6.45, 7) is 8.91. The molecule has 3 aliphatic rings. The third-order valence-corrected chi connectivity index (χ3v) is 8.96. The van der Waals surface area contributed by atoms with Gasteiger partial charge in [-0.1, -0.05) is 88.4 Å². The Morgan fingerprint density at radius 1 is 0.795 bits per heavy atom. The number of allylic oxidation sites excluding steroid dienone is 4. The van der Waals surface area contributed by atoms with E-state index in [2.05, 4.69) is 117 Å². The highest BCUT2D eigenvalue weighted by atomic mass is 16.5. The van der Waals surface area contributed by atoms with Gasteiger partial charge in [0.2, 0.25) is 0 Å². The minimum Gasteiger partial charge on any atom is -0.495 e. The van der Waals surface area contributed by atoms with Gasteiger partial charge in [-0.3, -0.25) is 4.79 Å². The zero-order chi connectivity index (χ0) is 27.1. The number of nitrogens with one attached hydrogen (secondary N) is 2. The summed E-state index contributed by atoms with van der Waals surface area (Å²) in [7, 11) is 1.65. The van der Waals surface area contributed by atoms with E-state index in [-0.39, 0.29) is 22.7 Å². The van der Waals surface area contributed by atoms with E-state index in [0.717, 1.165) is 17.1 Å². The Balaban J connectivity index is 1.26. The van der Waals surface area contributed by atoms with Crippen LogP contribution in [-0.2, 0) is 20.4 Å². The number of Topliss-reactive ketones (excluding diaryl/α,β-unsaturated/α-hetero) is 1. The predicted octanol–water partition coefficient (Wildman–Crippen LogP) is 7.76. The molecule has 39 heavy (non-hydrogen) atoms. The maximum Gasteiger partial charge on any atom is 0.200 e. The SMILES string of the molecule is COC1=C(C=C2Nc3ccc4ccccc4c3C2(C)C)C(=O)C1=CC1Nc2ccc3ccccc3c2C1(C)C. The molecule has 4 aromatic rings. The Morgan fingerprint density at radius 2 is 1.41 bits per heavy atom. The van der Waals surface area contributed by atoms with E-state index in [4.69, 9.17) is 4.74 Å². The number of methoxy groups -OCH3 is 1. The van der Waals surface area contributed by atoms with Crippen molar-refractivity contribution in [1.29, 1.82) is 0 Å². The summed E-state index contributed by atoms with van der Waals surface area (Å²) in [5.74, 6) is 0.681. The molecule has 4 aromatic carbocycles. The number of ether oxygens (including phenoxy) is 1. The minimum atomic E-state index is -0.278. The fourth-order valence-electron chi connectivity index (χ4n) is 6.79. The number of carbonyl (C=O) groups excluding carboxylic acids is 1. The topological polar surface area (TPSA) is 50.4 Å². The van der Waals surface area contributed by atoms with Crippen LogP contribution >= 0.6 is 0 Å². The van der Waals surface area contributed by atoms with Gasteiger partial charge in [-0.05, 0) is 57.0 Å². The summed E-state index contributed by atoms with van der Waals surface area (Å²) in [4.78, 5) is 13.6. The molecule has 0 saturated carbocycles. The van der Waals surface area contributed by atoms with E-state index in [1.165, 1.54) is 32.7 Å². The Morgan fingerprint density at radius 3 is 2.08 bits per heavy atom. The lowest BCUT2D eigenvalue weighted by Gasteiger charge is -2.30. The van der Waals surface area contributed by atoms with E-state index in [1.807, 2.05) is 6.08 Å². The zero-order valence-corrected chi connectivity index (χ0v) is 23.0. The highest BCUT2D eigenvalue weighted by molar-refractivity contribution is 6.21. The molecule has 2 heterocycles. The lowest BCUT2D eigenvalue weighted by atomic mass is 9.75. The van der Waals surface area contributed by atoms with Crippen molar-refractivity contribution < 1.29 is 9.53 Å². The van der Waals surface area contributed by atoms with Crippen molar-refractivity contribution in [2.75, 3.05) is 17.7 Å². The molecule has 7 rings (SSSR count). The fraction of sp³-hybridized carbons (Fsp3) is 0.229. The number of rotatable bonds is 3. The lowest BCUT2D eigenvalue weighted by Crippen LogP contribution is -2.34. The van der Waals surface area contributed by atoms with Gasteiger partial charge in [-0.25, -0.2) is 0 Å². The zero-order valence-electron chi connectivity index (χ0n) is 23.0. The van der Waals surface area contributed by atoms with Gasteiger partial charge in [0.25, 0.3) is 0 Å². The second-order valence-electron chi connectivity index (χ2n) is 11.9. The summed E-state index contributed by atoms with van der Waals surface area (Å²) in [6.07, 6.45) is 4.05. The van der Waals surface area contributed by atoms with Crippen molar-refractivity contribution in [2.24, 2.45) is 0 Å². The number of fused-ring (bicyclic) bond motifs is 6. The maximum atomic E-state index is 13.6. The molecule has 4 nitrogen and oxygen atoms in total. The molecule has 0 fully saturated rings. The molecule has 4 heteroatoms. The largest absolute Gasteiger partial charge is 0.495 e. The van der Waals surface area contributed by atoms with Gasteiger partial charge in [0, 0.05) is 27.9 Å². The van der Waals surface area contributed by atoms with Gasteiger partial charge in [-0.2, -0.15) is 0 Å². The summed E-state index contributed by atoms with van der Waals surface area (Å²) < 4.78 is 5.82. The van der Waals surface area contributed by atoms with Crippen LogP contribution in [0.25, 0.3) is 21.5 Å². The van der Waals surface area contributed by atoms with Gasteiger partial charge < -0.3 is 15.4 Å². The normalized spacial score (nSPS) is 22.6. The molecular formula is C35H32N2O2. The van der Waals surface area contributed by atoms with Crippen LogP contribution in [-0.4, -0.2) is 18.9 Å². The Hall–Kier alpha value is -4.31. The van der Waals surface area contributed by atoms with Crippen LogP contribution < -0.4 is 10.6 Å². The first-order valence-electron chi connectivity index (χ1n) is 13.6. The highest BCUT2D eigenvalue weighted by Gasteiger charge is 2.44. The number of carbonyl (C=O) groups is 1. The van der Waals surface area contributed by atoms with Gasteiger partial charge in [-0.15, -0.1) is 0 Å². The molecule has 0 amide bonds. The highest BCUT2D eigenvalue weighted by Crippen LogP contribution is 2.49. The molecule has 1 aliphatic carbocycles. The fourth-order valence-corrected chi connectivity index (χ4v) is 6.79.